The molecule has 0 spiro atoms. The molecule has 0 bridgehead atoms. The highest BCUT2D eigenvalue weighted by atomic mass is 35.5. The average Bonchev–Trinajstić information content (AvgIpc) is 2.89. The zero-order valence-electron chi connectivity index (χ0n) is 11.0. The first-order chi connectivity index (χ1) is 8.31. The van der Waals surface area contributed by atoms with E-state index in [0.29, 0.717) is 24.8 Å². The minimum atomic E-state index is 0. The number of amides is 1. The Labute approximate surface area is 116 Å². The van der Waals surface area contributed by atoms with E-state index < -0.39 is 0 Å². The maximum Gasteiger partial charge on any atom is 0.222 e. The Hall–Kier alpha value is -0.320. The number of carbonyl (C=O) groups is 1. The number of likely N-dealkylation sites (tertiary alicyclic amines) is 1. The Morgan fingerprint density at radius 2 is 2.17 bits per heavy atom. The highest BCUT2D eigenvalue weighted by Gasteiger charge is 2.26. The molecule has 2 atom stereocenters. The number of nitrogens with zero attached hydrogens (tertiary/aromatic N) is 1. The third-order valence-corrected chi connectivity index (χ3v) is 4.01. The molecule has 2 fully saturated rings. The molecule has 2 unspecified atom stereocenters. The van der Waals surface area contributed by atoms with Crippen molar-refractivity contribution >= 4 is 18.3 Å². The first-order valence-corrected chi connectivity index (χ1v) is 6.88. The summed E-state index contributed by atoms with van der Waals surface area (Å²) in [6.07, 6.45) is 6.19. The SMILES string of the molecule is Cl.NCC1CCCCN1C(=O)CCC1CCOC1. The molecule has 2 rings (SSSR count). The normalized spacial score (nSPS) is 27.9. The lowest BCUT2D eigenvalue weighted by molar-refractivity contribution is -0.134. The van der Waals surface area contributed by atoms with E-state index in [1.165, 1.54) is 6.42 Å². The summed E-state index contributed by atoms with van der Waals surface area (Å²) < 4.78 is 5.33. The molecule has 4 nitrogen and oxygen atoms in total. The van der Waals surface area contributed by atoms with Crippen LogP contribution in [-0.4, -0.2) is 43.2 Å². The summed E-state index contributed by atoms with van der Waals surface area (Å²) in [5, 5.41) is 0. The molecule has 106 valence electrons. The van der Waals surface area contributed by atoms with Gasteiger partial charge in [0.25, 0.3) is 0 Å². The molecule has 2 saturated heterocycles. The third kappa shape index (κ3) is 4.11. The van der Waals surface area contributed by atoms with Gasteiger partial charge in [-0.15, -0.1) is 12.4 Å². The van der Waals surface area contributed by atoms with Crippen molar-refractivity contribution in [3.63, 3.8) is 0 Å². The van der Waals surface area contributed by atoms with E-state index in [0.717, 1.165) is 45.4 Å². The number of hydrogen-bond donors (Lipinski definition) is 1. The van der Waals surface area contributed by atoms with Crippen LogP contribution in [0.25, 0.3) is 0 Å². The van der Waals surface area contributed by atoms with Crippen LogP contribution in [0.4, 0.5) is 0 Å². The Bertz CT molecular complexity index is 257. The van der Waals surface area contributed by atoms with E-state index >= 15 is 0 Å². The monoisotopic (exact) mass is 276 g/mol. The molecule has 18 heavy (non-hydrogen) atoms. The fourth-order valence-electron chi connectivity index (χ4n) is 2.86. The van der Waals surface area contributed by atoms with Crippen LogP contribution in [0.3, 0.4) is 0 Å². The van der Waals surface area contributed by atoms with Crippen LogP contribution >= 0.6 is 12.4 Å². The molecule has 0 radical (unpaired) electrons. The Kier molecular flexibility index (Phi) is 6.97. The van der Waals surface area contributed by atoms with Crippen LogP contribution in [-0.2, 0) is 9.53 Å². The number of piperidine rings is 1. The highest BCUT2D eigenvalue weighted by molar-refractivity contribution is 5.85. The second-order valence-corrected chi connectivity index (χ2v) is 5.24. The molecular formula is C13H25ClN2O2. The van der Waals surface area contributed by atoms with Crippen molar-refractivity contribution in [3.05, 3.63) is 0 Å². The number of hydrogen-bond acceptors (Lipinski definition) is 3. The van der Waals surface area contributed by atoms with Crippen LogP contribution in [0.1, 0.15) is 38.5 Å². The van der Waals surface area contributed by atoms with Gasteiger partial charge in [0, 0.05) is 38.8 Å². The Morgan fingerprint density at radius 3 is 2.83 bits per heavy atom. The molecule has 0 aromatic rings. The Morgan fingerprint density at radius 1 is 1.33 bits per heavy atom. The van der Waals surface area contributed by atoms with E-state index in [1.54, 1.807) is 0 Å². The van der Waals surface area contributed by atoms with Crippen molar-refractivity contribution in [2.24, 2.45) is 11.7 Å². The van der Waals surface area contributed by atoms with E-state index in [-0.39, 0.29) is 18.4 Å². The van der Waals surface area contributed by atoms with Crippen LogP contribution < -0.4 is 5.73 Å². The van der Waals surface area contributed by atoms with Gasteiger partial charge < -0.3 is 15.4 Å². The fraction of sp³-hybridized carbons (Fsp3) is 0.923. The van der Waals surface area contributed by atoms with Gasteiger partial charge in [0.05, 0.1) is 0 Å². The van der Waals surface area contributed by atoms with E-state index in [9.17, 15) is 4.79 Å². The largest absolute Gasteiger partial charge is 0.381 e. The smallest absolute Gasteiger partial charge is 0.222 e. The molecule has 2 aliphatic rings. The zero-order chi connectivity index (χ0) is 12.1. The first kappa shape index (κ1) is 15.7. The van der Waals surface area contributed by atoms with Crippen molar-refractivity contribution in [3.8, 4) is 0 Å². The zero-order valence-corrected chi connectivity index (χ0v) is 11.8. The van der Waals surface area contributed by atoms with E-state index in [4.69, 9.17) is 10.5 Å². The van der Waals surface area contributed by atoms with Gasteiger partial charge in [-0.05, 0) is 38.0 Å². The highest BCUT2D eigenvalue weighted by Crippen LogP contribution is 2.21. The summed E-state index contributed by atoms with van der Waals surface area (Å²) in [7, 11) is 0. The van der Waals surface area contributed by atoms with Gasteiger partial charge in [-0.3, -0.25) is 4.79 Å². The van der Waals surface area contributed by atoms with E-state index in [1.807, 2.05) is 4.90 Å². The third-order valence-electron chi connectivity index (χ3n) is 4.01. The summed E-state index contributed by atoms with van der Waals surface area (Å²) in [5.41, 5.74) is 5.74. The molecule has 0 aromatic heterocycles. The van der Waals surface area contributed by atoms with Gasteiger partial charge in [-0.25, -0.2) is 0 Å². The molecule has 0 aliphatic carbocycles. The van der Waals surface area contributed by atoms with Crippen LogP contribution in [0.5, 0.6) is 0 Å². The Balaban J connectivity index is 0.00000162. The number of carbonyl (C=O) groups excluding carboxylic acids is 1. The van der Waals surface area contributed by atoms with Crippen molar-refractivity contribution in [2.75, 3.05) is 26.3 Å². The predicted octanol–water partition coefficient (Wildman–Crippen LogP) is 1.56. The maximum atomic E-state index is 12.2. The van der Waals surface area contributed by atoms with Gasteiger partial charge in [0.15, 0.2) is 0 Å². The quantitative estimate of drug-likeness (QED) is 0.848. The summed E-state index contributed by atoms with van der Waals surface area (Å²) in [4.78, 5) is 14.2. The second-order valence-electron chi connectivity index (χ2n) is 5.24. The van der Waals surface area contributed by atoms with Gasteiger partial charge in [-0.1, -0.05) is 0 Å². The molecule has 2 N–H and O–H groups in total. The average molecular weight is 277 g/mol. The molecule has 1 amide bonds. The molecule has 5 heteroatoms. The van der Waals surface area contributed by atoms with Crippen molar-refractivity contribution < 1.29 is 9.53 Å². The molecule has 2 heterocycles. The lowest BCUT2D eigenvalue weighted by atomic mass is 9.99. The fourth-order valence-corrected chi connectivity index (χ4v) is 2.86. The maximum absolute atomic E-state index is 12.2. The summed E-state index contributed by atoms with van der Waals surface area (Å²) in [5.74, 6) is 0.895. The van der Waals surface area contributed by atoms with Crippen LogP contribution in [0.2, 0.25) is 0 Å². The minimum Gasteiger partial charge on any atom is -0.381 e. The first-order valence-electron chi connectivity index (χ1n) is 6.88. The van der Waals surface area contributed by atoms with Gasteiger partial charge >= 0.3 is 0 Å². The van der Waals surface area contributed by atoms with Crippen LogP contribution in [0, 0.1) is 5.92 Å². The summed E-state index contributed by atoms with van der Waals surface area (Å²) in [6.45, 7) is 3.22. The lowest BCUT2D eigenvalue weighted by Gasteiger charge is -2.35. The predicted molar refractivity (Wildman–Crippen MR) is 73.8 cm³/mol. The van der Waals surface area contributed by atoms with Crippen molar-refractivity contribution in [1.29, 1.82) is 0 Å². The van der Waals surface area contributed by atoms with Gasteiger partial charge in [0.1, 0.15) is 0 Å². The summed E-state index contributed by atoms with van der Waals surface area (Å²) in [6, 6.07) is 0.288. The van der Waals surface area contributed by atoms with Crippen molar-refractivity contribution in [2.45, 2.75) is 44.6 Å². The standard InChI is InChI=1S/C13H24N2O2.ClH/c14-9-12-3-1-2-7-15(12)13(16)5-4-11-6-8-17-10-11;/h11-12H,1-10,14H2;1H. The summed E-state index contributed by atoms with van der Waals surface area (Å²) >= 11 is 0. The van der Waals surface area contributed by atoms with Gasteiger partial charge in [-0.2, -0.15) is 0 Å². The number of nitrogens with two attached hydrogens (primary N) is 1. The second kappa shape index (κ2) is 7.97. The molecule has 0 aromatic carbocycles. The number of halogens is 1. The van der Waals surface area contributed by atoms with E-state index in [2.05, 4.69) is 0 Å². The minimum absolute atomic E-state index is 0. The topological polar surface area (TPSA) is 55.6 Å². The number of ether oxygens (including phenoxy) is 1. The van der Waals surface area contributed by atoms with Crippen molar-refractivity contribution in [1.82, 2.24) is 4.90 Å². The molecular weight excluding hydrogens is 252 g/mol. The lowest BCUT2D eigenvalue weighted by Crippen LogP contribution is -2.47. The van der Waals surface area contributed by atoms with Gasteiger partial charge in [0.2, 0.25) is 5.91 Å². The molecule has 0 saturated carbocycles. The number of rotatable bonds is 4. The molecule has 2 aliphatic heterocycles. The van der Waals surface area contributed by atoms with Crippen LogP contribution in [0.15, 0.2) is 0 Å².